The minimum Gasteiger partial charge on any atom is -0.354 e. The van der Waals surface area contributed by atoms with Crippen LogP contribution in [0, 0.1) is 22.7 Å². The van der Waals surface area contributed by atoms with Crippen molar-refractivity contribution in [2.24, 2.45) is 0 Å². The van der Waals surface area contributed by atoms with Gasteiger partial charge in [0.05, 0.1) is 28.8 Å². The Morgan fingerprint density at radius 1 is 0.600 bits per heavy atom. The summed E-state index contributed by atoms with van der Waals surface area (Å²) < 4.78 is 0. The SMILES string of the molecule is N#Cc1ccc2[nH]c3c(c(-c4ccccc4)cc4[nH]c5ccc(C#N)cc5c43)c2c1. The van der Waals surface area contributed by atoms with Gasteiger partial charge in [0.2, 0.25) is 0 Å². The van der Waals surface area contributed by atoms with E-state index in [9.17, 15) is 10.5 Å². The second-order valence-electron chi connectivity index (χ2n) is 7.46. The molecule has 0 saturated carbocycles. The van der Waals surface area contributed by atoms with Crippen molar-refractivity contribution in [3.63, 3.8) is 0 Å². The highest BCUT2D eigenvalue weighted by Gasteiger charge is 2.18. The van der Waals surface area contributed by atoms with Gasteiger partial charge < -0.3 is 9.97 Å². The molecule has 138 valence electrons. The van der Waals surface area contributed by atoms with Crippen LogP contribution in [0.4, 0.5) is 0 Å². The van der Waals surface area contributed by atoms with Crippen LogP contribution in [-0.2, 0) is 0 Å². The van der Waals surface area contributed by atoms with Gasteiger partial charge in [0, 0.05) is 38.1 Å². The average Bonchev–Trinajstić information content (AvgIpc) is 3.36. The number of H-pyrrole nitrogens is 2. The van der Waals surface area contributed by atoms with Crippen molar-refractivity contribution in [1.82, 2.24) is 9.97 Å². The zero-order valence-corrected chi connectivity index (χ0v) is 15.8. The predicted molar refractivity (Wildman–Crippen MR) is 120 cm³/mol. The minimum absolute atomic E-state index is 0.631. The topological polar surface area (TPSA) is 79.2 Å². The Bertz CT molecular complexity index is 1700. The van der Waals surface area contributed by atoms with E-state index in [4.69, 9.17) is 0 Å². The molecule has 4 nitrogen and oxygen atoms in total. The van der Waals surface area contributed by atoms with Gasteiger partial charge in [0.25, 0.3) is 0 Å². The Hall–Kier alpha value is -4.54. The van der Waals surface area contributed by atoms with Gasteiger partial charge in [-0.1, -0.05) is 30.3 Å². The van der Waals surface area contributed by atoms with Gasteiger partial charge >= 0.3 is 0 Å². The van der Waals surface area contributed by atoms with Gasteiger partial charge in [0.1, 0.15) is 0 Å². The number of aromatic nitrogens is 2. The first kappa shape index (κ1) is 16.4. The first-order chi connectivity index (χ1) is 14.8. The lowest BCUT2D eigenvalue weighted by molar-refractivity contribution is 1.49. The third kappa shape index (κ3) is 2.19. The van der Waals surface area contributed by atoms with Crippen LogP contribution >= 0.6 is 0 Å². The molecule has 0 aliphatic carbocycles. The fourth-order valence-corrected chi connectivity index (χ4v) is 4.45. The largest absolute Gasteiger partial charge is 0.354 e. The third-order valence-electron chi connectivity index (χ3n) is 5.78. The maximum absolute atomic E-state index is 9.43. The summed E-state index contributed by atoms with van der Waals surface area (Å²) in [5, 5.41) is 23.0. The maximum Gasteiger partial charge on any atom is 0.0991 e. The summed E-state index contributed by atoms with van der Waals surface area (Å²) >= 11 is 0. The standard InChI is InChI=1S/C26H14N4/c27-13-15-7-9-22-19(10-15)24-18(17-4-2-1-3-5-17)12-23-25(26(24)30-22)20-11-16(14-28)6-8-21(20)29-23/h1-12,29-30H. The van der Waals surface area contributed by atoms with E-state index in [2.05, 4.69) is 40.3 Å². The molecule has 0 aliphatic heterocycles. The Kier molecular flexibility index (Phi) is 3.27. The average molecular weight is 382 g/mol. The van der Waals surface area contributed by atoms with E-state index in [-0.39, 0.29) is 0 Å². The summed E-state index contributed by atoms with van der Waals surface area (Å²) in [6.45, 7) is 0. The molecule has 0 radical (unpaired) electrons. The number of aromatic amines is 2. The number of nitrogens with zero attached hydrogens (tertiary/aromatic N) is 2. The van der Waals surface area contributed by atoms with Gasteiger partial charge in [-0.2, -0.15) is 10.5 Å². The van der Waals surface area contributed by atoms with E-state index in [1.54, 1.807) is 0 Å². The van der Waals surface area contributed by atoms with E-state index < -0.39 is 0 Å². The molecule has 0 atom stereocenters. The number of nitrogens with one attached hydrogen (secondary N) is 2. The number of benzene rings is 4. The van der Waals surface area contributed by atoms with Crippen molar-refractivity contribution in [3.8, 4) is 23.3 Å². The summed E-state index contributed by atoms with van der Waals surface area (Å²) in [6.07, 6.45) is 0. The highest BCUT2D eigenvalue weighted by Crippen LogP contribution is 2.42. The van der Waals surface area contributed by atoms with Gasteiger partial charge in [-0.3, -0.25) is 0 Å². The van der Waals surface area contributed by atoms with Gasteiger partial charge in [-0.05, 0) is 53.6 Å². The number of rotatable bonds is 1. The number of hydrogen-bond acceptors (Lipinski definition) is 2. The second-order valence-corrected chi connectivity index (χ2v) is 7.46. The van der Waals surface area contributed by atoms with Crippen molar-refractivity contribution in [2.45, 2.75) is 0 Å². The normalized spacial score (nSPS) is 11.3. The zero-order chi connectivity index (χ0) is 20.2. The quantitative estimate of drug-likeness (QED) is 0.347. The molecule has 2 heterocycles. The van der Waals surface area contributed by atoms with Crippen molar-refractivity contribution in [3.05, 3.63) is 83.9 Å². The molecule has 0 aliphatic rings. The molecular formula is C26H14N4. The van der Waals surface area contributed by atoms with Gasteiger partial charge in [-0.25, -0.2) is 0 Å². The molecule has 0 unspecified atom stereocenters. The minimum atomic E-state index is 0.631. The molecule has 6 aromatic rings. The molecule has 0 spiro atoms. The van der Waals surface area contributed by atoms with Crippen LogP contribution in [0.2, 0.25) is 0 Å². The van der Waals surface area contributed by atoms with Crippen molar-refractivity contribution in [2.75, 3.05) is 0 Å². The molecule has 0 fully saturated rings. The molecule has 30 heavy (non-hydrogen) atoms. The summed E-state index contributed by atoms with van der Waals surface area (Å²) in [6, 6.07) is 28.4. The first-order valence-electron chi connectivity index (χ1n) is 9.66. The lowest BCUT2D eigenvalue weighted by Gasteiger charge is -2.06. The van der Waals surface area contributed by atoms with E-state index in [1.165, 1.54) is 0 Å². The van der Waals surface area contributed by atoms with Crippen LogP contribution in [0.1, 0.15) is 11.1 Å². The van der Waals surface area contributed by atoms with E-state index >= 15 is 0 Å². The molecular weight excluding hydrogens is 368 g/mol. The van der Waals surface area contributed by atoms with E-state index in [0.29, 0.717) is 11.1 Å². The third-order valence-corrected chi connectivity index (χ3v) is 5.78. The molecule has 2 aromatic heterocycles. The van der Waals surface area contributed by atoms with E-state index in [0.717, 1.165) is 54.7 Å². The fraction of sp³-hybridized carbons (Fsp3) is 0. The van der Waals surface area contributed by atoms with Crippen LogP contribution in [-0.4, -0.2) is 9.97 Å². The molecule has 0 amide bonds. The van der Waals surface area contributed by atoms with Crippen LogP contribution < -0.4 is 0 Å². The van der Waals surface area contributed by atoms with Crippen molar-refractivity contribution in [1.29, 1.82) is 10.5 Å². The summed E-state index contributed by atoms with van der Waals surface area (Å²) in [5.41, 5.74) is 7.48. The lowest BCUT2D eigenvalue weighted by atomic mass is 9.96. The lowest BCUT2D eigenvalue weighted by Crippen LogP contribution is -1.82. The Morgan fingerprint density at radius 3 is 1.90 bits per heavy atom. The monoisotopic (exact) mass is 382 g/mol. The van der Waals surface area contributed by atoms with Crippen molar-refractivity contribution < 1.29 is 0 Å². The Labute approximate surface area is 171 Å². The molecule has 6 rings (SSSR count). The Morgan fingerprint density at radius 2 is 1.23 bits per heavy atom. The molecule has 0 bridgehead atoms. The summed E-state index contributed by atoms with van der Waals surface area (Å²) in [5.74, 6) is 0. The van der Waals surface area contributed by atoms with Crippen LogP contribution in [0.3, 0.4) is 0 Å². The smallest absolute Gasteiger partial charge is 0.0991 e. The summed E-state index contributed by atoms with van der Waals surface area (Å²) in [7, 11) is 0. The number of nitriles is 2. The van der Waals surface area contributed by atoms with Crippen LogP contribution in [0.25, 0.3) is 54.7 Å². The number of fused-ring (bicyclic) bond motifs is 7. The number of hydrogen-bond donors (Lipinski definition) is 2. The van der Waals surface area contributed by atoms with Gasteiger partial charge in [-0.15, -0.1) is 0 Å². The fourth-order valence-electron chi connectivity index (χ4n) is 4.45. The second kappa shape index (κ2) is 5.98. The molecule has 4 aromatic carbocycles. The molecule has 2 N–H and O–H groups in total. The molecule has 4 heteroatoms. The zero-order valence-electron chi connectivity index (χ0n) is 15.8. The molecule has 0 saturated heterocycles. The van der Waals surface area contributed by atoms with Crippen LogP contribution in [0.5, 0.6) is 0 Å². The predicted octanol–water partition coefficient (Wildman–Crippen LogP) is 6.37. The van der Waals surface area contributed by atoms with Gasteiger partial charge in [0.15, 0.2) is 0 Å². The highest BCUT2D eigenvalue weighted by atomic mass is 14.7. The summed E-state index contributed by atoms with van der Waals surface area (Å²) in [4.78, 5) is 7.10. The highest BCUT2D eigenvalue weighted by molar-refractivity contribution is 6.28. The van der Waals surface area contributed by atoms with Crippen molar-refractivity contribution >= 4 is 43.6 Å². The maximum atomic E-state index is 9.43. The Balaban J connectivity index is 1.88. The van der Waals surface area contributed by atoms with Crippen LogP contribution in [0.15, 0.2) is 72.8 Å². The van der Waals surface area contributed by atoms with E-state index in [1.807, 2.05) is 54.6 Å². The first-order valence-corrected chi connectivity index (χ1v) is 9.66.